The predicted molar refractivity (Wildman–Crippen MR) is 84.9 cm³/mol. The maximum atomic E-state index is 13.4. The number of aryl methyl sites for hydroxylation is 3. The van der Waals surface area contributed by atoms with Gasteiger partial charge in [-0.3, -0.25) is 9.59 Å². The van der Waals surface area contributed by atoms with Gasteiger partial charge >= 0.3 is 11.8 Å². The molecule has 126 valence electrons. The van der Waals surface area contributed by atoms with E-state index in [1.807, 2.05) is 6.92 Å². The number of fused-ring (bicyclic) bond motifs is 1. The summed E-state index contributed by atoms with van der Waals surface area (Å²) in [6.07, 6.45) is 1.94. The molecule has 1 aliphatic carbocycles. The highest BCUT2D eigenvalue weighted by atomic mass is 19.1. The maximum Gasteiger partial charge on any atom is 0.313 e. The number of aromatic nitrogens is 1. The van der Waals surface area contributed by atoms with E-state index in [0.29, 0.717) is 30.0 Å². The fourth-order valence-corrected chi connectivity index (χ4v) is 2.94. The van der Waals surface area contributed by atoms with Crippen LogP contribution in [0, 0.1) is 12.7 Å². The van der Waals surface area contributed by atoms with E-state index < -0.39 is 11.8 Å². The first-order chi connectivity index (χ1) is 11.5. The van der Waals surface area contributed by atoms with Crippen molar-refractivity contribution in [2.45, 2.75) is 39.2 Å². The molecule has 0 fully saturated rings. The molecule has 1 unspecified atom stereocenters. The van der Waals surface area contributed by atoms with E-state index >= 15 is 0 Å². The number of carbonyl (C=O) groups excluding carboxylic acids is 2. The second-order valence-corrected chi connectivity index (χ2v) is 5.78. The molecule has 2 amide bonds. The minimum atomic E-state index is -0.791. The summed E-state index contributed by atoms with van der Waals surface area (Å²) in [5, 5.41) is 8.98. The van der Waals surface area contributed by atoms with Crippen LogP contribution in [0.3, 0.4) is 0 Å². The van der Waals surface area contributed by atoms with Crippen LogP contribution in [0.4, 0.5) is 10.1 Å². The standard InChI is InChI=1S/C17H18FN3O3/c1-3-14-15(9(2)21-24-14)20-17(23)16(22)19-13-7-5-10-4-6-11(18)8-12(10)13/h4,6,8,13H,3,5,7H2,1-2H3,(H,19,22)(H,20,23). The molecule has 0 saturated heterocycles. The molecule has 2 N–H and O–H groups in total. The SMILES string of the molecule is CCc1onc(C)c1NC(=O)C(=O)NC1CCc2ccc(F)cc21. The van der Waals surface area contributed by atoms with Crippen molar-refractivity contribution in [1.29, 1.82) is 0 Å². The van der Waals surface area contributed by atoms with Crippen LogP contribution in [0.15, 0.2) is 22.7 Å². The fourth-order valence-electron chi connectivity index (χ4n) is 2.94. The Balaban J connectivity index is 1.69. The first kappa shape index (κ1) is 16.2. The molecule has 1 aromatic heterocycles. The Kier molecular flexibility index (Phi) is 4.33. The lowest BCUT2D eigenvalue weighted by atomic mass is 10.1. The molecule has 1 atom stereocenters. The quantitative estimate of drug-likeness (QED) is 0.846. The number of halogens is 1. The van der Waals surface area contributed by atoms with Crippen molar-refractivity contribution >= 4 is 17.5 Å². The molecule has 1 heterocycles. The Hall–Kier alpha value is -2.70. The molecular weight excluding hydrogens is 313 g/mol. The van der Waals surface area contributed by atoms with Crippen molar-refractivity contribution in [3.8, 4) is 0 Å². The Morgan fingerprint density at radius 1 is 1.38 bits per heavy atom. The van der Waals surface area contributed by atoms with Crippen molar-refractivity contribution in [3.05, 3.63) is 46.6 Å². The van der Waals surface area contributed by atoms with Gasteiger partial charge in [0.05, 0.1) is 6.04 Å². The number of carbonyl (C=O) groups is 2. The average molecular weight is 331 g/mol. The summed E-state index contributed by atoms with van der Waals surface area (Å²) in [6.45, 7) is 3.55. The minimum absolute atomic E-state index is 0.355. The molecule has 0 bridgehead atoms. The summed E-state index contributed by atoms with van der Waals surface area (Å²) in [6, 6.07) is 4.16. The largest absolute Gasteiger partial charge is 0.359 e. The molecule has 0 radical (unpaired) electrons. The van der Waals surface area contributed by atoms with Crippen LogP contribution in [-0.2, 0) is 22.4 Å². The second-order valence-electron chi connectivity index (χ2n) is 5.78. The third-order valence-electron chi connectivity index (χ3n) is 4.19. The van der Waals surface area contributed by atoms with E-state index in [-0.39, 0.29) is 11.9 Å². The van der Waals surface area contributed by atoms with E-state index in [1.54, 1.807) is 13.0 Å². The highest BCUT2D eigenvalue weighted by Crippen LogP contribution is 2.31. The Morgan fingerprint density at radius 3 is 2.92 bits per heavy atom. The molecular formula is C17H18FN3O3. The van der Waals surface area contributed by atoms with Gasteiger partial charge in [0.1, 0.15) is 17.2 Å². The lowest BCUT2D eigenvalue weighted by Crippen LogP contribution is -2.37. The third-order valence-corrected chi connectivity index (χ3v) is 4.19. The van der Waals surface area contributed by atoms with Gasteiger partial charge in [0.15, 0.2) is 5.76 Å². The van der Waals surface area contributed by atoms with E-state index in [9.17, 15) is 14.0 Å². The molecule has 1 aromatic carbocycles. The Labute approximate surface area is 138 Å². The zero-order chi connectivity index (χ0) is 17.3. The van der Waals surface area contributed by atoms with Crippen molar-refractivity contribution < 1.29 is 18.5 Å². The molecule has 0 aliphatic heterocycles. The van der Waals surface area contributed by atoms with Gasteiger partial charge in [-0.15, -0.1) is 0 Å². The normalized spacial score (nSPS) is 15.9. The van der Waals surface area contributed by atoms with E-state index in [4.69, 9.17) is 4.52 Å². The van der Waals surface area contributed by atoms with Crippen LogP contribution in [0.25, 0.3) is 0 Å². The molecule has 24 heavy (non-hydrogen) atoms. The monoisotopic (exact) mass is 331 g/mol. The van der Waals surface area contributed by atoms with Crippen LogP contribution in [0.1, 0.15) is 42.0 Å². The summed E-state index contributed by atoms with van der Waals surface area (Å²) >= 11 is 0. The van der Waals surface area contributed by atoms with Crippen LogP contribution < -0.4 is 10.6 Å². The molecule has 1 aliphatic rings. The van der Waals surface area contributed by atoms with Gasteiger partial charge in [0.25, 0.3) is 0 Å². The number of nitrogens with one attached hydrogen (secondary N) is 2. The summed E-state index contributed by atoms with van der Waals surface area (Å²) in [5.41, 5.74) is 2.66. The number of amides is 2. The topological polar surface area (TPSA) is 84.2 Å². The summed E-state index contributed by atoms with van der Waals surface area (Å²) in [4.78, 5) is 24.3. The molecule has 0 saturated carbocycles. The number of hydrogen-bond donors (Lipinski definition) is 2. The Bertz CT molecular complexity index is 800. The lowest BCUT2D eigenvalue weighted by Gasteiger charge is -2.14. The molecule has 3 rings (SSSR count). The highest BCUT2D eigenvalue weighted by molar-refractivity contribution is 6.39. The summed E-state index contributed by atoms with van der Waals surface area (Å²) < 4.78 is 18.5. The minimum Gasteiger partial charge on any atom is -0.359 e. The smallest absolute Gasteiger partial charge is 0.313 e. The zero-order valence-electron chi connectivity index (χ0n) is 13.5. The van der Waals surface area contributed by atoms with Crippen LogP contribution in [-0.4, -0.2) is 17.0 Å². The van der Waals surface area contributed by atoms with Gasteiger partial charge in [-0.2, -0.15) is 0 Å². The molecule has 6 nitrogen and oxygen atoms in total. The third kappa shape index (κ3) is 3.02. The van der Waals surface area contributed by atoms with Crippen LogP contribution >= 0.6 is 0 Å². The number of nitrogens with zero attached hydrogens (tertiary/aromatic N) is 1. The first-order valence-electron chi connectivity index (χ1n) is 7.85. The summed E-state index contributed by atoms with van der Waals surface area (Å²) in [7, 11) is 0. The number of benzene rings is 1. The fraction of sp³-hybridized carbons (Fsp3) is 0.353. The van der Waals surface area contributed by atoms with Gasteiger partial charge in [-0.1, -0.05) is 18.1 Å². The van der Waals surface area contributed by atoms with Gasteiger partial charge in [-0.05, 0) is 43.0 Å². The number of rotatable bonds is 3. The van der Waals surface area contributed by atoms with E-state index in [0.717, 1.165) is 17.5 Å². The van der Waals surface area contributed by atoms with Gasteiger partial charge in [0, 0.05) is 6.42 Å². The lowest BCUT2D eigenvalue weighted by molar-refractivity contribution is -0.136. The Morgan fingerprint density at radius 2 is 2.17 bits per heavy atom. The van der Waals surface area contributed by atoms with Gasteiger partial charge < -0.3 is 15.2 Å². The first-order valence-corrected chi connectivity index (χ1v) is 7.85. The molecule has 2 aromatic rings. The van der Waals surface area contributed by atoms with E-state index in [1.165, 1.54) is 12.1 Å². The zero-order valence-corrected chi connectivity index (χ0v) is 13.5. The highest BCUT2D eigenvalue weighted by Gasteiger charge is 2.27. The summed E-state index contributed by atoms with van der Waals surface area (Å²) in [5.74, 6) is -1.39. The number of anilines is 1. The van der Waals surface area contributed by atoms with Crippen LogP contribution in [0.5, 0.6) is 0 Å². The number of hydrogen-bond acceptors (Lipinski definition) is 4. The maximum absolute atomic E-state index is 13.4. The second kappa shape index (κ2) is 6.43. The molecule has 7 heteroatoms. The van der Waals surface area contributed by atoms with Crippen molar-refractivity contribution in [2.75, 3.05) is 5.32 Å². The predicted octanol–water partition coefficient (Wildman–Crippen LogP) is 2.43. The van der Waals surface area contributed by atoms with E-state index in [2.05, 4.69) is 15.8 Å². The van der Waals surface area contributed by atoms with Crippen molar-refractivity contribution in [3.63, 3.8) is 0 Å². The van der Waals surface area contributed by atoms with Gasteiger partial charge in [-0.25, -0.2) is 4.39 Å². The van der Waals surface area contributed by atoms with Crippen molar-refractivity contribution in [1.82, 2.24) is 10.5 Å². The van der Waals surface area contributed by atoms with Crippen molar-refractivity contribution in [2.24, 2.45) is 0 Å². The van der Waals surface area contributed by atoms with Gasteiger partial charge in [0.2, 0.25) is 0 Å². The average Bonchev–Trinajstić information content (AvgIpc) is 3.11. The van der Waals surface area contributed by atoms with Crippen LogP contribution in [0.2, 0.25) is 0 Å². The molecule has 0 spiro atoms.